The number of thiazole rings is 6. The molecule has 79 heavy (non-hydrogen) atoms. The van der Waals surface area contributed by atoms with Crippen molar-refractivity contribution in [2.45, 2.75) is 57.3 Å². The first-order valence-electron chi connectivity index (χ1n) is 23.7. The number of benzene rings is 1. The van der Waals surface area contributed by atoms with Gasteiger partial charge < -0.3 is 31.1 Å². The second-order valence-electron chi connectivity index (χ2n) is 17.2. The number of aryl methyl sites for hydroxylation is 1. The van der Waals surface area contributed by atoms with E-state index in [0.717, 1.165) is 45.3 Å². The van der Waals surface area contributed by atoms with Crippen molar-refractivity contribution >= 4 is 120 Å². The molecule has 8 heterocycles. The summed E-state index contributed by atoms with van der Waals surface area (Å²) in [4.78, 5) is 141. The average Bonchev–Trinajstić information content (AvgIpc) is 4.40. The monoisotopic (exact) mass is 1180 g/mol. The van der Waals surface area contributed by atoms with Gasteiger partial charge in [0.2, 0.25) is 17.7 Å². The summed E-state index contributed by atoms with van der Waals surface area (Å²) in [6.45, 7) is 1.02. The van der Waals surface area contributed by atoms with Gasteiger partial charge >= 0.3 is 5.97 Å². The van der Waals surface area contributed by atoms with Crippen LogP contribution in [-0.4, -0.2) is 109 Å². The Bertz CT molecular complexity index is 3630. The van der Waals surface area contributed by atoms with Crippen molar-refractivity contribution in [1.29, 1.82) is 0 Å². The minimum absolute atomic E-state index is 0.00155. The number of aliphatic carboxylic acids is 1. The van der Waals surface area contributed by atoms with Gasteiger partial charge in [0.1, 0.15) is 77.1 Å². The Kier molecular flexibility index (Phi) is 17.5. The second-order valence-corrected chi connectivity index (χ2v) is 23.0. The number of nitroso groups, excluding NO2 is 1. The number of amides is 6. The Morgan fingerprint density at radius 2 is 1.51 bits per heavy atom. The van der Waals surface area contributed by atoms with E-state index in [0.29, 0.717) is 69.5 Å². The smallest absolute Gasteiger partial charge is 0.303 e. The molecule has 0 spiro atoms. The molecule has 406 valence electrons. The van der Waals surface area contributed by atoms with Gasteiger partial charge in [0.15, 0.2) is 5.13 Å². The Balaban J connectivity index is 1.12. The van der Waals surface area contributed by atoms with E-state index in [-0.39, 0.29) is 65.4 Å². The number of rotatable bonds is 13. The van der Waals surface area contributed by atoms with E-state index in [9.17, 15) is 38.5 Å². The number of carbonyl (C=O) groups excluding carboxylic acids is 6. The zero-order valence-corrected chi connectivity index (χ0v) is 46.8. The van der Waals surface area contributed by atoms with E-state index >= 15 is 0 Å². The Hall–Kier alpha value is -8.00. The first-order valence-corrected chi connectivity index (χ1v) is 28.8. The molecule has 0 unspecified atom stereocenters. The van der Waals surface area contributed by atoms with Crippen LogP contribution < -0.4 is 31.5 Å². The summed E-state index contributed by atoms with van der Waals surface area (Å²) < 4.78 is 5.33. The Labute approximate surface area is 472 Å². The molecule has 1 aromatic carbocycles. The standard InChI is InChI=1S/C49H44N14O10S6/c1-22-36-43(71)61-49-60-39(30(79-49)17-73-4)42(70)51-16-33(65)58-40(37(62-72)23-9-6-5-7-10-23)48-56-29(20-76-48)46-54-27(18-75-46)38-24(44-55-28(19-74-44)41(69)53-26(15-32(64)50-2)47(59-36)78-22)13-14-25(52-38)45-57-31(21-77-45)63(3)34(66)11-8-12-35(67)68/h5-7,9-10,13-14,18-21,26,37,40H,8,11-12,15-17H2,1-4H3,(H,50,64)(H,51,70)(H,53,69)(H,58,65)(H,67,68)(H,60,61,71)/t26-,37-,40-/m0/s1. The van der Waals surface area contributed by atoms with Crippen molar-refractivity contribution in [1.82, 2.24) is 56.2 Å². The molecule has 6 amide bonds. The number of hydrogen-bond acceptors (Lipinski definition) is 23. The second kappa shape index (κ2) is 24.8. The van der Waals surface area contributed by atoms with Gasteiger partial charge in [-0.2, -0.15) is 4.91 Å². The van der Waals surface area contributed by atoms with E-state index in [2.05, 4.69) is 41.7 Å². The van der Waals surface area contributed by atoms with Crippen LogP contribution in [0.5, 0.6) is 0 Å². The highest BCUT2D eigenvalue weighted by molar-refractivity contribution is 7.16. The minimum Gasteiger partial charge on any atom is -0.481 e. The molecular weight excluding hydrogens is 1140 g/mol. The van der Waals surface area contributed by atoms with Gasteiger partial charge in [0, 0.05) is 66.0 Å². The van der Waals surface area contributed by atoms with Crippen molar-refractivity contribution in [2.75, 3.05) is 38.0 Å². The quantitative estimate of drug-likeness (QED) is 0.0611. The van der Waals surface area contributed by atoms with E-state index in [1.54, 1.807) is 78.0 Å². The minimum atomic E-state index is -1.16. The maximum absolute atomic E-state index is 14.2. The zero-order chi connectivity index (χ0) is 55.9. The van der Waals surface area contributed by atoms with Gasteiger partial charge in [0.05, 0.1) is 36.2 Å². The fraction of sp³-hybridized carbons (Fsp3) is 0.265. The molecule has 8 aromatic rings. The van der Waals surface area contributed by atoms with Crippen molar-refractivity contribution in [2.24, 2.45) is 5.18 Å². The largest absolute Gasteiger partial charge is 0.481 e. The molecule has 0 radical (unpaired) electrons. The number of ether oxygens (including phenoxy) is 1. The van der Waals surface area contributed by atoms with Crippen LogP contribution in [0.25, 0.3) is 43.4 Å². The van der Waals surface area contributed by atoms with Gasteiger partial charge in [-0.05, 0) is 31.0 Å². The zero-order valence-electron chi connectivity index (χ0n) is 41.9. The fourth-order valence-corrected chi connectivity index (χ4v) is 13.1. The Morgan fingerprint density at radius 3 is 2.27 bits per heavy atom. The van der Waals surface area contributed by atoms with Gasteiger partial charge in [-0.25, -0.2) is 34.9 Å². The van der Waals surface area contributed by atoms with Crippen LogP contribution in [0.1, 0.15) is 101 Å². The van der Waals surface area contributed by atoms with Gasteiger partial charge in [0.25, 0.3) is 17.7 Å². The maximum Gasteiger partial charge on any atom is 0.303 e. The molecule has 0 saturated carbocycles. The predicted octanol–water partition coefficient (Wildman–Crippen LogP) is 7.43. The lowest BCUT2D eigenvalue weighted by Crippen LogP contribution is -2.40. The first-order chi connectivity index (χ1) is 38.1. The lowest BCUT2D eigenvalue weighted by Gasteiger charge is -2.22. The lowest BCUT2D eigenvalue weighted by atomic mass is 10.0. The highest BCUT2D eigenvalue weighted by atomic mass is 32.1. The number of nitrogens with zero attached hydrogens (tertiary/aromatic N) is 9. The summed E-state index contributed by atoms with van der Waals surface area (Å²) in [5, 5.41) is 34.6. The third-order valence-electron chi connectivity index (χ3n) is 11.8. The molecule has 30 heteroatoms. The topological polar surface area (TPSA) is 332 Å². The maximum atomic E-state index is 14.2. The molecule has 10 bridgehead atoms. The molecule has 0 aliphatic carbocycles. The number of carboxylic acids is 1. The molecule has 6 N–H and O–H groups in total. The number of pyridine rings is 1. The van der Waals surface area contributed by atoms with Crippen LogP contribution in [0.3, 0.4) is 0 Å². The van der Waals surface area contributed by atoms with E-state index in [1.165, 1.54) is 41.7 Å². The number of nitrogens with one attached hydrogen (secondary N) is 5. The van der Waals surface area contributed by atoms with Crippen LogP contribution in [0.2, 0.25) is 0 Å². The lowest BCUT2D eigenvalue weighted by molar-refractivity contribution is -0.137. The van der Waals surface area contributed by atoms with Crippen LogP contribution in [0.15, 0.2) is 69.2 Å². The molecule has 1 aliphatic rings. The summed E-state index contributed by atoms with van der Waals surface area (Å²) in [5.74, 6) is -4.18. The summed E-state index contributed by atoms with van der Waals surface area (Å²) >= 11 is 6.83. The molecule has 3 atom stereocenters. The van der Waals surface area contributed by atoms with E-state index in [1.807, 2.05) is 0 Å². The van der Waals surface area contributed by atoms with Crippen molar-refractivity contribution in [3.05, 3.63) is 111 Å². The molecular formula is C49H44N14O10S6. The van der Waals surface area contributed by atoms with Crippen LogP contribution in [0.4, 0.5) is 10.9 Å². The Morgan fingerprint density at radius 1 is 0.772 bits per heavy atom. The van der Waals surface area contributed by atoms with Crippen molar-refractivity contribution < 1.29 is 43.4 Å². The van der Waals surface area contributed by atoms with Crippen LogP contribution in [-0.2, 0) is 30.5 Å². The number of methoxy groups -OCH3 is 1. The summed E-state index contributed by atoms with van der Waals surface area (Å²) in [6.07, 6.45) is -0.222. The highest BCUT2D eigenvalue weighted by Gasteiger charge is 2.33. The fourth-order valence-electron chi connectivity index (χ4n) is 7.87. The number of fused-ring (bicyclic) bond motifs is 14. The van der Waals surface area contributed by atoms with Crippen LogP contribution in [0, 0.1) is 11.8 Å². The van der Waals surface area contributed by atoms with Gasteiger partial charge in [-0.15, -0.1) is 56.7 Å². The van der Waals surface area contributed by atoms with Crippen molar-refractivity contribution in [3.8, 4) is 43.4 Å². The third-order valence-corrected chi connectivity index (χ3v) is 17.4. The average molecular weight is 1180 g/mol. The third kappa shape index (κ3) is 12.8. The molecule has 9 rings (SSSR count). The van der Waals surface area contributed by atoms with Crippen LogP contribution >= 0.6 is 68.0 Å². The molecule has 0 fully saturated rings. The van der Waals surface area contributed by atoms with Gasteiger partial charge in [-0.3, -0.25) is 43.8 Å². The van der Waals surface area contributed by atoms with E-state index < -0.39 is 60.2 Å². The number of carbonyl (C=O) groups is 7. The number of anilines is 2. The summed E-state index contributed by atoms with van der Waals surface area (Å²) in [5.41, 5.74) is 2.35. The number of carboxylic acid groups (broad SMARTS) is 1. The number of hydrogen-bond donors (Lipinski definition) is 6. The summed E-state index contributed by atoms with van der Waals surface area (Å²) in [6, 6.07) is 8.81. The normalized spacial score (nSPS) is 15.3. The first kappa shape index (κ1) is 55.7. The number of aromatic nitrogens is 7. The van der Waals surface area contributed by atoms with Gasteiger partial charge in [-0.1, -0.05) is 46.8 Å². The molecule has 1 aliphatic heterocycles. The molecule has 24 nitrogen and oxygen atoms in total. The van der Waals surface area contributed by atoms with Crippen molar-refractivity contribution in [3.63, 3.8) is 0 Å². The van der Waals surface area contributed by atoms with E-state index in [4.69, 9.17) is 34.8 Å². The highest BCUT2D eigenvalue weighted by Crippen LogP contribution is 2.40. The predicted molar refractivity (Wildman–Crippen MR) is 298 cm³/mol. The SMILES string of the molecule is CNC(=O)C[C@@H]1NC(=O)c2csc(n2)-c2ccc(-c3nc(N(C)C(=O)CCCC(=O)O)cs3)nc2-c2csc(n2)-c2csc(n2)[C@H]([C@@H](N=O)c2ccccc2)NC(=O)CNC(=O)c2nc(sc2COC)NC(=O)c2nc1sc2C. The molecule has 7 aromatic heterocycles. The molecule has 0 saturated heterocycles. The summed E-state index contributed by atoms with van der Waals surface area (Å²) in [7, 11) is 4.42.